The summed E-state index contributed by atoms with van der Waals surface area (Å²) < 4.78 is 2.28. The molecule has 0 unspecified atom stereocenters. The minimum Gasteiger partial charge on any atom is -0.293 e. The van der Waals surface area contributed by atoms with Gasteiger partial charge in [0.05, 0.1) is 15.5 Å². The summed E-state index contributed by atoms with van der Waals surface area (Å²) in [6.45, 7) is 4.94. The van der Waals surface area contributed by atoms with Gasteiger partial charge in [0.1, 0.15) is 10.0 Å². The number of carbonyl (C=O) groups excluding carboxylic acids is 1. The molecule has 1 fully saturated rings. The molecule has 0 bridgehead atoms. The van der Waals surface area contributed by atoms with Crippen molar-refractivity contribution >= 4 is 46.0 Å². The normalized spacial score (nSPS) is 15.6. The van der Waals surface area contributed by atoms with Crippen LogP contribution in [-0.4, -0.2) is 36.4 Å². The van der Waals surface area contributed by atoms with E-state index < -0.39 is 4.92 Å². The molecule has 1 saturated heterocycles. The van der Waals surface area contributed by atoms with E-state index in [1.54, 1.807) is 27.8 Å². The summed E-state index contributed by atoms with van der Waals surface area (Å²) in [5, 5.41) is 16.1. The number of non-ortho nitro benzene ring substituents is 1. The van der Waals surface area contributed by atoms with E-state index in [0.29, 0.717) is 38.5 Å². The standard InChI is InChI=1S/C27H28N4O3S2/c1-3-5-10-19(4-2)17-29-26(32)24(36-27(29)35)16-21-18-30(22-12-7-6-8-13-22)28-25(21)20-11-9-14-23(15-20)31(33)34/h6-9,11-16,18-19H,3-5,10,17H2,1-2H3/b24-16-/t19-/m1/s1. The summed E-state index contributed by atoms with van der Waals surface area (Å²) >= 11 is 6.87. The Morgan fingerprint density at radius 2 is 1.94 bits per heavy atom. The van der Waals surface area contributed by atoms with E-state index in [1.807, 2.05) is 36.5 Å². The molecule has 1 aliphatic rings. The number of hydrogen-bond acceptors (Lipinski definition) is 6. The van der Waals surface area contributed by atoms with Gasteiger partial charge in [-0.2, -0.15) is 5.10 Å². The number of hydrogen-bond donors (Lipinski definition) is 0. The lowest BCUT2D eigenvalue weighted by Gasteiger charge is -2.21. The number of rotatable bonds is 10. The maximum absolute atomic E-state index is 13.3. The first-order valence-corrected chi connectivity index (χ1v) is 13.3. The average molecular weight is 521 g/mol. The van der Waals surface area contributed by atoms with E-state index in [0.717, 1.165) is 31.4 Å². The van der Waals surface area contributed by atoms with Gasteiger partial charge in [-0.05, 0) is 30.5 Å². The second-order valence-electron chi connectivity index (χ2n) is 8.73. The lowest BCUT2D eigenvalue weighted by molar-refractivity contribution is -0.384. The van der Waals surface area contributed by atoms with Gasteiger partial charge in [-0.3, -0.25) is 19.8 Å². The molecule has 2 heterocycles. The Kier molecular flexibility index (Phi) is 8.32. The quantitative estimate of drug-likeness (QED) is 0.126. The number of aromatic nitrogens is 2. The minimum atomic E-state index is -0.425. The molecule has 36 heavy (non-hydrogen) atoms. The number of nitrogens with zero attached hydrogens (tertiary/aromatic N) is 4. The Morgan fingerprint density at radius 3 is 2.64 bits per heavy atom. The van der Waals surface area contributed by atoms with Crippen molar-refractivity contribution in [1.29, 1.82) is 0 Å². The van der Waals surface area contributed by atoms with Gasteiger partial charge in [-0.25, -0.2) is 4.68 Å². The summed E-state index contributed by atoms with van der Waals surface area (Å²) in [6.07, 6.45) is 7.97. The SMILES string of the molecule is CCCC[C@@H](CC)CN1C(=O)/C(=C/c2cn(-c3ccccc3)nc2-c2cccc([N+](=O)[O-])c2)SC1=S. The molecule has 3 aromatic rings. The van der Waals surface area contributed by atoms with Crippen molar-refractivity contribution in [1.82, 2.24) is 14.7 Å². The molecular weight excluding hydrogens is 492 g/mol. The fourth-order valence-electron chi connectivity index (χ4n) is 4.17. The van der Waals surface area contributed by atoms with Gasteiger partial charge in [0, 0.05) is 36.0 Å². The van der Waals surface area contributed by atoms with Crippen LogP contribution in [0, 0.1) is 16.0 Å². The van der Waals surface area contributed by atoms with Gasteiger partial charge < -0.3 is 0 Å². The third-order valence-electron chi connectivity index (χ3n) is 6.24. The molecule has 0 N–H and O–H groups in total. The molecule has 9 heteroatoms. The summed E-state index contributed by atoms with van der Waals surface area (Å²) in [6, 6.07) is 16.0. The van der Waals surface area contributed by atoms with Gasteiger partial charge in [-0.1, -0.05) is 87.4 Å². The Morgan fingerprint density at radius 1 is 1.17 bits per heavy atom. The molecule has 0 spiro atoms. The van der Waals surface area contributed by atoms with Gasteiger partial charge in [0.15, 0.2) is 0 Å². The van der Waals surface area contributed by atoms with Crippen LogP contribution < -0.4 is 0 Å². The van der Waals surface area contributed by atoms with Crippen molar-refractivity contribution in [2.75, 3.05) is 6.54 Å². The van der Waals surface area contributed by atoms with Gasteiger partial charge in [0.25, 0.3) is 11.6 Å². The Balaban J connectivity index is 1.71. The van der Waals surface area contributed by atoms with Crippen LogP contribution in [0.5, 0.6) is 0 Å². The van der Waals surface area contributed by atoms with Crippen molar-refractivity contribution < 1.29 is 9.72 Å². The van der Waals surface area contributed by atoms with Crippen LogP contribution in [0.25, 0.3) is 23.0 Å². The molecule has 0 saturated carbocycles. The fourth-order valence-corrected chi connectivity index (χ4v) is 5.44. The lowest BCUT2D eigenvalue weighted by Crippen LogP contribution is -2.33. The summed E-state index contributed by atoms with van der Waals surface area (Å²) in [5.74, 6) is 0.311. The van der Waals surface area contributed by atoms with E-state index in [-0.39, 0.29) is 11.6 Å². The zero-order chi connectivity index (χ0) is 25.7. The number of unbranched alkanes of at least 4 members (excludes halogenated alkanes) is 1. The number of nitro benzene ring substituents is 1. The summed E-state index contributed by atoms with van der Waals surface area (Å²) in [4.78, 5) is 26.5. The topological polar surface area (TPSA) is 81.3 Å². The van der Waals surface area contributed by atoms with E-state index in [4.69, 9.17) is 17.3 Å². The number of amides is 1. The lowest BCUT2D eigenvalue weighted by atomic mass is 9.99. The van der Waals surface area contributed by atoms with Crippen LogP contribution in [0.4, 0.5) is 5.69 Å². The highest BCUT2D eigenvalue weighted by Crippen LogP contribution is 2.36. The van der Waals surface area contributed by atoms with Crippen molar-refractivity contribution in [2.45, 2.75) is 39.5 Å². The first-order chi connectivity index (χ1) is 17.4. The van der Waals surface area contributed by atoms with Crippen LogP contribution in [0.2, 0.25) is 0 Å². The molecule has 0 aliphatic carbocycles. The molecule has 0 radical (unpaired) electrons. The number of para-hydroxylation sites is 1. The van der Waals surface area contributed by atoms with Crippen LogP contribution in [0.1, 0.15) is 45.1 Å². The first kappa shape index (κ1) is 25.8. The van der Waals surface area contributed by atoms with Crippen molar-refractivity contribution in [3.8, 4) is 16.9 Å². The number of thioether (sulfide) groups is 1. The molecule has 1 aliphatic heterocycles. The first-order valence-electron chi connectivity index (χ1n) is 12.1. The van der Waals surface area contributed by atoms with Crippen LogP contribution >= 0.6 is 24.0 Å². The predicted octanol–water partition coefficient (Wildman–Crippen LogP) is 6.87. The minimum absolute atomic E-state index is 0.0169. The highest BCUT2D eigenvalue weighted by atomic mass is 32.2. The third-order valence-corrected chi connectivity index (χ3v) is 7.62. The molecule has 4 rings (SSSR count). The Bertz CT molecular complexity index is 1300. The maximum atomic E-state index is 13.3. The average Bonchev–Trinajstić information content (AvgIpc) is 3.43. The fraction of sp³-hybridized carbons (Fsp3) is 0.296. The predicted molar refractivity (Wildman–Crippen MR) is 149 cm³/mol. The largest absolute Gasteiger partial charge is 0.293 e. The maximum Gasteiger partial charge on any atom is 0.270 e. The second-order valence-corrected chi connectivity index (χ2v) is 10.4. The monoisotopic (exact) mass is 520 g/mol. The van der Waals surface area contributed by atoms with E-state index in [1.165, 1.54) is 23.9 Å². The third kappa shape index (κ3) is 5.74. The molecular formula is C27H28N4O3S2. The number of thiocarbonyl (C=S) groups is 1. The second kappa shape index (κ2) is 11.6. The van der Waals surface area contributed by atoms with Crippen LogP contribution in [0.3, 0.4) is 0 Å². The molecule has 2 aromatic carbocycles. The van der Waals surface area contributed by atoms with Gasteiger partial charge >= 0.3 is 0 Å². The molecule has 1 aromatic heterocycles. The number of carbonyl (C=O) groups is 1. The molecule has 1 amide bonds. The van der Waals surface area contributed by atoms with E-state index in [9.17, 15) is 14.9 Å². The number of nitro groups is 1. The number of benzene rings is 2. The van der Waals surface area contributed by atoms with Crippen LogP contribution in [-0.2, 0) is 4.79 Å². The van der Waals surface area contributed by atoms with E-state index in [2.05, 4.69) is 13.8 Å². The van der Waals surface area contributed by atoms with Crippen molar-refractivity contribution in [3.63, 3.8) is 0 Å². The zero-order valence-electron chi connectivity index (χ0n) is 20.3. The van der Waals surface area contributed by atoms with E-state index >= 15 is 0 Å². The van der Waals surface area contributed by atoms with Gasteiger partial charge in [0.2, 0.25) is 0 Å². The Hall–Kier alpha value is -3.30. The molecule has 7 nitrogen and oxygen atoms in total. The molecule has 186 valence electrons. The van der Waals surface area contributed by atoms with Crippen molar-refractivity contribution in [3.05, 3.63) is 81.4 Å². The smallest absolute Gasteiger partial charge is 0.270 e. The molecule has 1 atom stereocenters. The summed E-state index contributed by atoms with van der Waals surface area (Å²) in [7, 11) is 0. The van der Waals surface area contributed by atoms with Gasteiger partial charge in [-0.15, -0.1) is 0 Å². The zero-order valence-corrected chi connectivity index (χ0v) is 21.9. The highest BCUT2D eigenvalue weighted by Gasteiger charge is 2.33. The highest BCUT2D eigenvalue weighted by molar-refractivity contribution is 8.26. The summed E-state index contributed by atoms with van der Waals surface area (Å²) in [5.41, 5.74) is 2.68. The van der Waals surface area contributed by atoms with Crippen LogP contribution in [0.15, 0.2) is 65.7 Å². The Labute approximate surface area is 220 Å². The van der Waals surface area contributed by atoms with Crippen molar-refractivity contribution in [2.24, 2.45) is 5.92 Å².